The summed E-state index contributed by atoms with van der Waals surface area (Å²) in [5.41, 5.74) is 0. The van der Waals surface area contributed by atoms with Crippen molar-refractivity contribution in [3.63, 3.8) is 0 Å². The smallest absolute Gasteiger partial charge is 1.00 e. The monoisotopic (exact) mass is 116 g/mol. The fourth-order valence-electron chi connectivity index (χ4n) is 0. The van der Waals surface area contributed by atoms with Crippen LogP contribution in [0.25, 0.3) is 0 Å². The van der Waals surface area contributed by atoms with Crippen molar-refractivity contribution in [3.05, 3.63) is 0 Å². The van der Waals surface area contributed by atoms with Crippen molar-refractivity contribution in [2.45, 2.75) is 0 Å². The topological polar surface area (TPSA) is 0 Å². The van der Waals surface area contributed by atoms with Crippen molar-refractivity contribution < 1.29 is 117 Å². The first-order valence-electron chi connectivity index (χ1n) is 0. The average Bonchev–Trinajstić information content (AvgIpc) is 0. The van der Waals surface area contributed by atoms with Gasteiger partial charge in [0.1, 0.15) is 0 Å². The molecule has 0 atom stereocenters. The van der Waals surface area contributed by atoms with Gasteiger partial charge in [0.25, 0.3) is 0 Å². The Kier molecular flexibility index (Phi) is 378. The molecule has 0 fully saturated rings. The van der Waals surface area contributed by atoms with Gasteiger partial charge in [0.15, 0.2) is 0 Å². The summed E-state index contributed by atoms with van der Waals surface area (Å²) in [6.07, 6.45) is 0. The molecule has 0 aliphatic carbocycles. The molecule has 0 unspecified atom stereocenters. The minimum atomic E-state index is 0. The van der Waals surface area contributed by atoms with Crippen LogP contribution in [-0.2, 0) is 0 Å². The van der Waals surface area contributed by atoms with E-state index in [2.05, 4.69) is 0 Å². The van der Waals surface area contributed by atoms with Crippen LogP contribution in [0.4, 0.5) is 0 Å². The van der Waals surface area contributed by atoms with Gasteiger partial charge in [0, 0.05) is 0 Å². The Morgan fingerprint density at radius 3 is 0.833 bits per heavy atom. The summed E-state index contributed by atoms with van der Waals surface area (Å²) < 4.78 is 0. The van der Waals surface area contributed by atoms with Gasteiger partial charge < -0.3 is 20.0 Å². The maximum absolute atomic E-state index is 0. The standard InChI is InChI=1S/ClH.FH.2Li.2Na.2H/h2*1H;;;;;;/q;;4*+1;2*-1/p-2. The van der Waals surface area contributed by atoms with E-state index in [9.17, 15) is 0 Å². The van der Waals surface area contributed by atoms with Gasteiger partial charge in [-0.15, -0.1) is 0 Å². The largest absolute Gasteiger partial charge is 1.00 e. The number of halogens is 2. The van der Waals surface area contributed by atoms with Crippen molar-refractivity contribution in [1.29, 1.82) is 0 Å². The molecule has 0 N–H and O–H groups in total. The minimum Gasteiger partial charge on any atom is -1.00 e. The van der Waals surface area contributed by atoms with Gasteiger partial charge in [-0.3, -0.25) is 0 Å². The second kappa shape index (κ2) is 39.7. The first-order chi connectivity index (χ1) is 0. The zero-order valence-electron chi connectivity index (χ0n) is 6.76. The first-order valence-corrected chi connectivity index (χ1v) is 0. The normalized spacial score (nSPS) is 0. The zero-order chi connectivity index (χ0) is 0. The second-order valence-corrected chi connectivity index (χ2v) is 0. The molecule has 0 aromatic rings. The van der Waals surface area contributed by atoms with Gasteiger partial charge in [-0.05, 0) is 0 Å². The van der Waals surface area contributed by atoms with E-state index in [1.807, 2.05) is 0 Å². The predicted molar refractivity (Wildman–Crippen MR) is 2.22 cm³/mol. The van der Waals surface area contributed by atoms with Gasteiger partial charge in [0.2, 0.25) is 0 Å². The Morgan fingerprint density at radius 2 is 0.833 bits per heavy atom. The summed E-state index contributed by atoms with van der Waals surface area (Å²) >= 11 is 0. The van der Waals surface area contributed by atoms with Crippen molar-refractivity contribution >= 4 is 0 Å². The molecule has 0 aromatic heterocycles. The molecule has 20 valence electrons. The van der Waals surface area contributed by atoms with Crippen molar-refractivity contribution in [2.75, 3.05) is 0 Å². The van der Waals surface area contributed by atoms with E-state index in [1.165, 1.54) is 0 Å². The molecule has 0 aliphatic heterocycles. The Bertz CT molecular complexity index is 18.0. The van der Waals surface area contributed by atoms with Crippen molar-refractivity contribution in [2.24, 2.45) is 0 Å². The Labute approximate surface area is 115 Å². The Balaban J connectivity index is 0. The molecule has 6 heavy (non-hydrogen) atoms. The van der Waals surface area contributed by atoms with Crippen LogP contribution in [0.5, 0.6) is 0 Å². The van der Waals surface area contributed by atoms with E-state index in [-0.39, 0.29) is 117 Å². The Hall–Kier alpha value is 3.41. The van der Waals surface area contributed by atoms with Crippen LogP contribution in [0.3, 0.4) is 0 Å². The SMILES string of the molecule is [Cl-].[F-].[H-].[H-].[Li+].[Li+].[Na+].[Na+]. The fraction of sp³-hybridized carbons (Fsp3) is 0. The van der Waals surface area contributed by atoms with Crippen LogP contribution >= 0.6 is 0 Å². The first kappa shape index (κ1) is 57.2. The van der Waals surface area contributed by atoms with Gasteiger partial charge in [-0.1, -0.05) is 0 Å². The maximum atomic E-state index is 0. The van der Waals surface area contributed by atoms with Crippen molar-refractivity contribution in [3.8, 4) is 0 Å². The van der Waals surface area contributed by atoms with Crippen LogP contribution in [-0.4, -0.2) is 0 Å². The average molecular weight is 116 g/mol. The Morgan fingerprint density at radius 1 is 0.833 bits per heavy atom. The number of hydrogen-bond acceptors (Lipinski definition) is 0. The second-order valence-electron chi connectivity index (χ2n) is 0. The molecule has 0 saturated carbocycles. The molecule has 0 rings (SSSR count). The molecular formula is H2ClFLi2Na2. The van der Waals surface area contributed by atoms with Crippen molar-refractivity contribution in [1.82, 2.24) is 0 Å². The summed E-state index contributed by atoms with van der Waals surface area (Å²) in [5, 5.41) is 0. The summed E-state index contributed by atoms with van der Waals surface area (Å²) in [4.78, 5) is 0. The van der Waals surface area contributed by atoms with Crippen LogP contribution in [0.15, 0.2) is 0 Å². The van der Waals surface area contributed by atoms with Crippen LogP contribution in [0.2, 0.25) is 0 Å². The molecule has 0 heterocycles. The molecule has 0 radical (unpaired) electrons. The zero-order valence-corrected chi connectivity index (χ0v) is 9.51. The van der Waals surface area contributed by atoms with Gasteiger partial charge in [-0.25, -0.2) is 0 Å². The summed E-state index contributed by atoms with van der Waals surface area (Å²) in [6.45, 7) is 0. The quantitative estimate of drug-likeness (QED) is 0.276. The molecule has 0 spiro atoms. The molecule has 0 nitrogen and oxygen atoms in total. The van der Waals surface area contributed by atoms with E-state index < -0.39 is 0 Å². The molecule has 0 aromatic carbocycles. The third-order valence-corrected chi connectivity index (χ3v) is 0. The molecule has 0 aliphatic rings. The summed E-state index contributed by atoms with van der Waals surface area (Å²) in [6, 6.07) is 0. The van der Waals surface area contributed by atoms with Gasteiger partial charge >= 0.3 is 96.8 Å². The van der Waals surface area contributed by atoms with E-state index >= 15 is 0 Å². The minimum absolute atomic E-state index is 0. The summed E-state index contributed by atoms with van der Waals surface area (Å²) in [7, 11) is 0. The predicted octanol–water partition coefficient (Wildman–Crippen LogP) is -17.8. The number of rotatable bonds is 0. The molecule has 0 bridgehead atoms. The van der Waals surface area contributed by atoms with E-state index in [1.54, 1.807) is 0 Å². The fourth-order valence-corrected chi connectivity index (χ4v) is 0. The van der Waals surface area contributed by atoms with Crippen LogP contribution in [0.1, 0.15) is 2.85 Å². The molecule has 0 amide bonds. The van der Waals surface area contributed by atoms with Crippen LogP contribution < -0.4 is 114 Å². The van der Waals surface area contributed by atoms with E-state index in [0.29, 0.717) is 0 Å². The maximum Gasteiger partial charge on any atom is 1.00 e. The van der Waals surface area contributed by atoms with Crippen LogP contribution in [0, 0.1) is 0 Å². The van der Waals surface area contributed by atoms with Gasteiger partial charge in [0.05, 0.1) is 0 Å². The molecule has 6 heteroatoms. The van der Waals surface area contributed by atoms with E-state index in [4.69, 9.17) is 0 Å². The number of hydrogen-bond donors (Lipinski definition) is 0. The van der Waals surface area contributed by atoms with Gasteiger partial charge in [-0.2, -0.15) is 0 Å². The third-order valence-electron chi connectivity index (χ3n) is 0. The molecule has 0 saturated heterocycles. The third kappa shape index (κ3) is 26.2. The molecular weight excluding hydrogens is 114 g/mol. The van der Waals surface area contributed by atoms with E-state index in [0.717, 1.165) is 0 Å². The summed E-state index contributed by atoms with van der Waals surface area (Å²) in [5.74, 6) is 0.